The average Bonchev–Trinajstić information content (AvgIpc) is 2.75. The first-order valence-electron chi connectivity index (χ1n) is 9.32. The number of carbonyl (C=O) groups excluding carboxylic acids is 4. The third-order valence-corrected chi connectivity index (χ3v) is 3.83. The first kappa shape index (κ1) is 23.9. The number of hydroxylamine groups is 2. The number of nitrogens with one attached hydrogen (secondary N) is 1. The molecular weight excluding hydrogens is 368 g/mol. The standard InChI is InChI=1S/C19H32N2O7/c1-17(2,3)27-16(25)20-18(4,5)10-11-26-19(6,7)12-15(24)28-21-13(22)8-9-14(21)23/h8-12H2,1-7H3,(H,20,25). The van der Waals surface area contributed by atoms with Crippen molar-refractivity contribution in [3.05, 3.63) is 0 Å². The summed E-state index contributed by atoms with van der Waals surface area (Å²) < 4.78 is 11.0. The number of hydrogen-bond acceptors (Lipinski definition) is 7. The summed E-state index contributed by atoms with van der Waals surface area (Å²) >= 11 is 0. The number of ether oxygens (including phenoxy) is 2. The van der Waals surface area contributed by atoms with Gasteiger partial charge in [-0.3, -0.25) is 9.59 Å². The molecule has 0 atom stereocenters. The van der Waals surface area contributed by atoms with Crippen molar-refractivity contribution < 1.29 is 33.5 Å². The molecule has 0 aromatic carbocycles. The van der Waals surface area contributed by atoms with E-state index in [1.54, 1.807) is 34.6 Å². The largest absolute Gasteiger partial charge is 0.444 e. The van der Waals surface area contributed by atoms with Gasteiger partial charge >= 0.3 is 12.1 Å². The Kier molecular flexibility index (Phi) is 7.59. The highest BCUT2D eigenvalue weighted by Crippen LogP contribution is 2.20. The monoisotopic (exact) mass is 400 g/mol. The van der Waals surface area contributed by atoms with Gasteiger partial charge in [0.1, 0.15) is 5.60 Å². The molecular formula is C19H32N2O7. The van der Waals surface area contributed by atoms with Gasteiger partial charge in [-0.15, -0.1) is 5.06 Å². The van der Waals surface area contributed by atoms with Gasteiger partial charge < -0.3 is 19.6 Å². The molecule has 1 aliphatic heterocycles. The summed E-state index contributed by atoms with van der Waals surface area (Å²) in [4.78, 5) is 51.8. The first-order chi connectivity index (χ1) is 12.6. The second-order valence-electron chi connectivity index (χ2n) is 9.09. The molecule has 0 aliphatic carbocycles. The Morgan fingerprint density at radius 1 is 1.00 bits per heavy atom. The van der Waals surface area contributed by atoms with Crippen LogP contribution in [0.2, 0.25) is 0 Å². The predicted octanol–water partition coefficient (Wildman–Crippen LogP) is 2.47. The Morgan fingerprint density at radius 2 is 1.54 bits per heavy atom. The molecule has 1 fully saturated rings. The fourth-order valence-electron chi connectivity index (χ4n) is 2.42. The van der Waals surface area contributed by atoms with Crippen LogP contribution in [-0.2, 0) is 28.7 Å². The minimum atomic E-state index is -0.870. The molecule has 0 aromatic heterocycles. The molecule has 0 radical (unpaired) electrons. The number of alkyl carbamates (subject to hydrolysis) is 1. The molecule has 1 saturated heterocycles. The van der Waals surface area contributed by atoms with Gasteiger partial charge in [0.15, 0.2) is 0 Å². The molecule has 1 heterocycles. The second kappa shape index (κ2) is 8.89. The molecule has 1 rings (SSSR count). The van der Waals surface area contributed by atoms with Crippen LogP contribution >= 0.6 is 0 Å². The molecule has 3 amide bonds. The fraction of sp³-hybridized carbons (Fsp3) is 0.789. The second-order valence-corrected chi connectivity index (χ2v) is 9.09. The Hall–Kier alpha value is -2.16. The number of hydrogen-bond donors (Lipinski definition) is 1. The van der Waals surface area contributed by atoms with Crippen LogP contribution in [0.15, 0.2) is 0 Å². The minimum absolute atomic E-state index is 0.0474. The Bertz CT molecular complexity index is 604. The third kappa shape index (κ3) is 8.69. The van der Waals surface area contributed by atoms with E-state index in [1.807, 2.05) is 13.8 Å². The SMILES string of the molecule is CC(C)(CCOC(C)(C)CC(=O)ON1C(=O)CCC1=O)NC(=O)OC(C)(C)C. The van der Waals surface area contributed by atoms with Crippen molar-refractivity contribution in [1.29, 1.82) is 0 Å². The summed E-state index contributed by atoms with van der Waals surface area (Å²) in [5.74, 6) is -1.76. The van der Waals surface area contributed by atoms with Crippen LogP contribution in [0, 0.1) is 0 Å². The van der Waals surface area contributed by atoms with Crippen LogP contribution in [0.4, 0.5) is 4.79 Å². The van der Waals surface area contributed by atoms with Crippen molar-refractivity contribution in [2.24, 2.45) is 0 Å². The third-order valence-electron chi connectivity index (χ3n) is 3.83. The van der Waals surface area contributed by atoms with Crippen LogP contribution in [-0.4, -0.2) is 52.3 Å². The highest BCUT2D eigenvalue weighted by atomic mass is 16.7. The number of carbonyl (C=O) groups is 4. The van der Waals surface area contributed by atoms with Crippen molar-refractivity contribution in [3.8, 4) is 0 Å². The Balaban J connectivity index is 2.43. The Labute approximate surface area is 166 Å². The van der Waals surface area contributed by atoms with Gasteiger partial charge in [0.25, 0.3) is 11.8 Å². The Morgan fingerprint density at radius 3 is 2.04 bits per heavy atom. The fourth-order valence-corrected chi connectivity index (χ4v) is 2.42. The summed E-state index contributed by atoms with van der Waals surface area (Å²) in [6.45, 7) is 12.7. The molecule has 0 bridgehead atoms. The molecule has 160 valence electrons. The maximum Gasteiger partial charge on any atom is 0.408 e. The zero-order chi connectivity index (χ0) is 21.8. The number of imide groups is 1. The lowest BCUT2D eigenvalue weighted by atomic mass is 10.0. The van der Waals surface area contributed by atoms with E-state index in [4.69, 9.17) is 14.3 Å². The highest BCUT2D eigenvalue weighted by molar-refractivity contribution is 6.01. The topological polar surface area (TPSA) is 111 Å². The van der Waals surface area contributed by atoms with Crippen molar-refractivity contribution in [1.82, 2.24) is 10.4 Å². The van der Waals surface area contributed by atoms with E-state index < -0.39 is 40.6 Å². The van der Waals surface area contributed by atoms with Crippen molar-refractivity contribution in [2.75, 3.05) is 6.61 Å². The average molecular weight is 400 g/mol. The van der Waals surface area contributed by atoms with E-state index in [1.165, 1.54) is 0 Å². The lowest BCUT2D eigenvalue weighted by Gasteiger charge is -2.31. The van der Waals surface area contributed by atoms with Crippen molar-refractivity contribution >= 4 is 23.9 Å². The molecule has 0 saturated carbocycles. The molecule has 1 N–H and O–H groups in total. The summed E-state index contributed by atoms with van der Waals surface area (Å²) in [6, 6.07) is 0. The lowest BCUT2D eigenvalue weighted by Crippen LogP contribution is -2.47. The number of rotatable bonds is 8. The molecule has 0 spiro atoms. The lowest BCUT2D eigenvalue weighted by molar-refractivity contribution is -0.200. The van der Waals surface area contributed by atoms with Gasteiger partial charge in [-0.05, 0) is 54.9 Å². The van der Waals surface area contributed by atoms with Gasteiger partial charge in [-0.1, -0.05) is 0 Å². The van der Waals surface area contributed by atoms with E-state index in [-0.39, 0.29) is 25.9 Å². The van der Waals surface area contributed by atoms with Gasteiger partial charge in [0.05, 0.1) is 12.0 Å². The summed E-state index contributed by atoms with van der Waals surface area (Å²) in [7, 11) is 0. The molecule has 9 heteroatoms. The van der Waals surface area contributed by atoms with Crippen LogP contribution in [0.25, 0.3) is 0 Å². The van der Waals surface area contributed by atoms with Gasteiger partial charge in [-0.25, -0.2) is 9.59 Å². The van der Waals surface area contributed by atoms with Gasteiger partial charge in [0, 0.05) is 25.0 Å². The van der Waals surface area contributed by atoms with Crippen LogP contribution < -0.4 is 5.32 Å². The van der Waals surface area contributed by atoms with E-state index in [9.17, 15) is 19.2 Å². The van der Waals surface area contributed by atoms with Crippen molar-refractivity contribution in [3.63, 3.8) is 0 Å². The molecule has 0 aromatic rings. The summed E-state index contributed by atoms with van der Waals surface area (Å²) in [5.41, 5.74) is -2.03. The van der Waals surface area contributed by atoms with E-state index >= 15 is 0 Å². The van der Waals surface area contributed by atoms with Gasteiger partial charge in [0.2, 0.25) is 0 Å². The zero-order valence-corrected chi connectivity index (χ0v) is 17.8. The maximum absolute atomic E-state index is 12.0. The molecule has 1 aliphatic rings. The number of amides is 3. The first-order valence-corrected chi connectivity index (χ1v) is 9.32. The predicted molar refractivity (Wildman–Crippen MR) is 99.9 cm³/mol. The smallest absolute Gasteiger partial charge is 0.408 e. The number of nitrogens with zero attached hydrogens (tertiary/aromatic N) is 1. The van der Waals surface area contributed by atoms with Gasteiger partial charge in [-0.2, -0.15) is 0 Å². The minimum Gasteiger partial charge on any atom is -0.444 e. The van der Waals surface area contributed by atoms with Crippen LogP contribution in [0.1, 0.15) is 74.1 Å². The maximum atomic E-state index is 12.0. The van der Waals surface area contributed by atoms with Crippen molar-refractivity contribution in [2.45, 2.75) is 90.9 Å². The highest BCUT2D eigenvalue weighted by Gasteiger charge is 2.35. The zero-order valence-electron chi connectivity index (χ0n) is 17.8. The van der Waals surface area contributed by atoms with Crippen LogP contribution in [0.5, 0.6) is 0 Å². The van der Waals surface area contributed by atoms with E-state index in [0.717, 1.165) is 0 Å². The summed E-state index contributed by atoms with van der Waals surface area (Å²) in [6.07, 6.45) is -0.0739. The summed E-state index contributed by atoms with van der Waals surface area (Å²) in [5, 5.41) is 3.30. The van der Waals surface area contributed by atoms with E-state index in [0.29, 0.717) is 11.5 Å². The normalized spacial score (nSPS) is 15.6. The molecule has 9 nitrogen and oxygen atoms in total. The molecule has 28 heavy (non-hydrogen) atoms. The van der Waals surface area contributed by atoms with E-state index in [2.05, 4.69) is 5.32 Å². The van der Waals surface area contributed by atoms with Crippen LogP contribution in [0.3, 0.4) is 0 Å². The quantitative estimate of drug-likeness (QED) is 0.623. The molecule has 0 unspecified atom stereocenters.